The molecule has 2 N–H and O–H groups in total. The van der Waals surface area contributed by atoms with Crippen molar-refractivity contribution in [2.45, 2.75) is 33.4 Å². The van der Waals surface area contributed by atoms with Gasteiger partial charge < -0.3 is 10.5 Å². The van der Waals surface area contributed by atoms with Crippen molar-refractivity contribution in [3.8, 4) is 5.75 Å². The molecular weight excluding hydrogens is 253 g/mol. The fraction of sp³-hybridized carbons (Fsp3) is 0.294. The van der Waals surface area contributed by atoms with Crippen molar-refractivity contribution < 1.29 is 9.13 Å². The summed E-state index contributed by atoms with van der Waals surface area (Å²) in [5.74, 6) is -0.111. The van der Waals surface area contributed by atoms with Crippen LogP contribution in [0.5, 0.6) is 5.75 Å². The first-order chi connectivity index (χ1) is 9.47. The predicted molar refractivity (Wildman–Crippen MR) is 79.3 cm³/mol. The first kappa shape index (κ1) is 14.5. The average Bonchev–Trinajstić information content (AvgIpc) is 2.40. The van der Waals surface area contributed by atoms with Gasteiger partial charge in [-0.1, -0.05) is 29.8 Å². The van der Waals surface area contributed by atoms with Crippen LogP contribution < -0.4 is 10.5 Å². The Bertz CT molecular complexity index is 608. The van der Waals surface area contributed by atoms with E-state index in [0.29, 0.717) is 6.61 Å². The summed E-state index contributed by atoms with van der Waals surface area (Å²) in [5.41, 5.74) is 9.87. The van der Waals surface area contributed by atoms with Crippen LogP contribution in [0.3, 0.4) is 0 Å². The minimum Gasteiger partial charge on any atom is -0.486 e. The molecule has 0 amide bonds. The fourth-order valence-electron chi connectivity index (χ4n) is 2.03. The fourth-order valence-corrected chi connectivity index (χ4v) is 2.03. The van der Waals surface area contributed by atoms with Crippen LogP contribution in [0.2, 0.25) is 0 Å². The number of hydrogen-bond acceptors (Lipinski definition) is 2. The van der Waals surface area contributed by atoms with Gasteiger partial charge in [-0.05, 0) is 49.6 Å². The Kier molecular flexibility index (Phi) is 4.40. The molecule has 0 saturated heterocycles. The van der Waals surface area contributed by atoms with E-state index in [0.717, 1.165) is 16.7 Å². The molecule has 0 aliphatic heterocycles. The van der Waals surface area contributed by atoms with E-state index in [9.17, 15) is 4.39 Å². The van der Waals surface area contributed by atoms with Crippen molar-refractivity contribution in [1.29, 1.82) is 0 Å². The molecule has 2 nitrogen and oxygen atoms in total. The van der Waals surface area contributed by atoms with Crippen LogP contribution in [0.25, 0.3) is 0 Å². The van der Waals surface area contributed by atoms with Gasteiger partial charge in [-0.3, -0.25) is 0 Å². The second-order valence-electron chi connectivity index (χ2n) is 5.20. The second-order valence-corrected chi connectivity index (χ2v) is 5.20. The number of ether oxygens (including phenoxy) is 1. The number of nitrogens with two attached hydrogens (primary N) is 1. The molecule has 2 aromatic carbocycles. The van der Waals surface area contributed by atoms with Gasteiger partial charge in [0.15, 0.2) is 11.6 Å². The highest BCUT2D eigenvalue weighted by Crippen LogP contribution is 2.22. The van der Waals surface area contributed by atoms with Crippen LogP contribution in [-0.2, 0) is 6.61 Å². The maximum atomic E-state index is 13.9. The zero-order valence-electron chi connectivity index (χ0n) is 12.1. The molecule has 0 radical (unpaired) electrons. The number of rotatable bonds is 4. The molecule has 0 aliphatic rings. The van der Waals surface area contributed by atoms with Gasteiger partial charge in [-0.2, -0.15) is 0 Å². The molecule has 0 bridgehead atoms. The highest BCUT2D eigenvalue weighted by molar-refractivity contribution is 5.33. The summed E-state index contributed by atoms with van der Waals surface area (Å²) in [6, 6.07) is 10.8. The maximum Gasteiger partial charge on any atom is 0.165 e. The van der Waals surface area contributed by atoms with Crippen LogP contribution in [0, 0.1) is 19.7 Å². The summed E-state index contributed by atoms with van der Waals surface area (Å²) in [4.78, 5) is 0. The van der Waals surface area contributed by atoms with E-state index in [1.54, 1.807) is 12.1 Å². The number of benzene rings is 2. The Hall–Kier alpha value is -1.87. The molecule has 0 spiro atoms. The molecule has 0 aliphatic carbocycles. The summed E-state index contributed by atoms with van der Waals surface area (Å²) in [5, 5.41) is 0. The normalized spacial score (nSPS) is 12.2. The lowest BCUT2D eigenvalue weighted by Crippen LogP contribution is -2.06. The average molecular weight is 273 g/mol. The smallest absolute Gasteiger partial charge is 0.165 e. The van der Waals surface area contributed by atoms with Gasteiger partial charge >= 0.3 is 0 Å². The molecule has 0 saturated carbocycles. The molecular formula is C17H20FNO. The van der Waals surface area contributed by atoms with E-state index in [4.69, 9.17) is 10.5 Å². The summed E-state index contributed by atoms with van der Waals surface area (Å²) in [6.07, 6.45) is 0. The Labute approximate surface area is 119 Å². The maximum absolute atomic E-state index is 13.9. The third-order valence-electron chi connectivity index (χ3n) is 3.37. The van der Waals surface area contributed by atoms with Crippen LogP contribution in [0.15, 0.2) is 36.4 Å². The zero-order chi connectivity index (χ0) is 14.7. The molecule has 3 heteroatoms. The third kappa shape index (κ3) is 3.36. The van der Waals surface area contributed by atoms with E-state index in [1.807, 2.05) is 26.8 Å². The second kappa shape index (κ2) is 6.06. The summed E-state index contributed by atoms with van der Waals surface area (Å²) in [6.45, 7) is 6.24. The summed E-state index contributed by atoms with van der Waals surface area (Å²) >= 11 is 0. The molecule has 0 unspecified atom stereocenters. The molecule has 1 atom stereocenters. The van der Waals surface area contributed by atoms with Gasteiger partial charge in [0.05, 0.1) is 0 Å². The summed E-state index contributed by atoms with van der Waals surface area (Å²) < 4.78 is 19.5. The SMILES string of the molecule is Cc1ccc(C)c(COc2ccc([C@H](C)N)cc2F)c1. The third-order valence-corrected chi connectivity index (χ3v) is 3.37. The first-order valence-corrected chi connectivity index (χ1v) is 6.71. The minimum atomic E-state index is -0.370. The number of hydrogen-bond donors (Lipinski definition) is 1. The van der Waals surface area contributed by atoms with Crippen molar-refractivity contribution in [3.05, 3.63) is 64.5 Å². The molecule has 2 rings (SSSR count). The standard InChI is InChI=1S/C17H20FNO/c1-11-4-5-12(2)15(8-11)10-20-17-7-6-14(13(3)19)9-16(17)18/h4-9,13H,10,19H2,1-3H3/t13-/m0/s1. The van der Waals surface area contributed by atoms with Crippen LogP contribution >= 0.6 is 0 Å². The minimum absolute atomic E-state index is 0.183. The Balaban J connectivity index is 2.13. The molecule has 0 aromatic heterocycles. The lowest BCUT2D eigenvalue weighted by molar-refractivity contribution is 0.289. The Morgan fingerprint density at radius 2 is 1.90 bits per heavy atom. The van der Waals surface area contributed by atoms with E-state index in [2.05, 4.69) is 12.1 Å². The molecule has 0 fully saturated rings. The zero-order valence-corrected chi connectivity index (χ0v) is 12.1. The molecule has 20 heavy (non-hydrogen) atoms. The lowest BCUT2D eigenvalue weighted by atomic mass is 10.1. The van der Waals surface area contributed by atoms with Crippen LogP contribution in [0.4, 0.5) is 4.39 Å². The summed E-state index contributed by atoms with van der Waals surface area (Å²) in [7, 11) is 0. The van der Waals surface area contributed by atoms with Crippen molar-refractivity contribution in [1.82, 2.24) is 0 Å². The molecule has 2 aromatic rings. The lowest BCUT2D eigenvalue weighted by Gasteiger charge is -2.12. The Morgan fingerprint density at radius 3 is 2.55 bits per heavy atom. The van der Waals surface area contributed by atoms with Gasteiger partial charge in [-0.25, -0.2) is 4.39 Å². The van der Waals surface area contributed by atoms with Crippen LogP contribution in [0.1, 0.15) is 35.2 Å². The van der Waals surface area contributed by atoms with Gasteiger partial charge in [0.2, 0.25) is 0 Å². The van der Waals surface area contributed by atoms with Gasteiger partial charge in [0.25, 0.3) is 0 Å². The van der Waals surface area contributed by atoms with E-state index in [1.165, 1.54) is 11.6 Å². The van der Waals surface area contributed by atoms with Crippen molar-refractivity contribution in [3.63, 3.8) is 0 Å². The van der Waals surface area contributed by atoms with Gasteiger partial charge in [-0.15, -0.1) is 0 Å². The molecule has 106 valence electrons. The topological polar surface area (TPSA) is 35.2 Å². The van der Waals surface area contributed by atoms with Crippen molar-refractivity contribution >= 4 is 0 Å². The van der Waals surface area contributed by atoms with Crippen molar-refractivity contribution in [2.24, 2.45) is 5.73 Å². The van der Waals surface area contributed by atoms with E-state index < -0.39 is 0 Å². The predicted octanol–water partition coefficient (Wildman–Crippen LogP) is 4.04. The highest BCUT2D eigenvalue weighted by Gasteiger charge is 2.08. The largest absolute Gasteiger partial charge is 0.486 e. The quantitative estimate of drug-likeness (QED) is 0.912. The van der Waals surface area contributed by atoms with Crippen molar-refractivity contribution in [2.75, 3.05) is 0 Å². The van der Waals surface area contributed by atoms with E-state index >= 15 is 0 Å². The monoisotopic (exact) mass is 273 g/mol. The Morgan fingerprint density at radius 1 is 1.15 bits per heavy atom. The first-order valence-electron chi connectivity index (χ1n) is 6.71. The van der Waals surface area contributed by atoms with Gasteiger partial charge in [0.1, 0.15) is 6.61 Å². The van der Waals surface area contributed by atoms with Crippen LogP contribution in [-0.4, -0.2) is 0 Å². The number of halogens is 1. The number of aryl methyl sites for hydroxylation is 2. The highest BCUT2D eigenvalue weighted by atomic mass is 19.1. The van der Waals surface area contributed by atoms with E-state index in [-0.39, 0.29) is 17.6 Å². The molecule has 0 heterocycles. The van der Waals surface area contributed by atoms with Gasteiger partial charge in [0, 0.05) is 6.04 Å².